The minimum Gasteiger partial charge on any atom is -0.331 e. The number of rotatable bonds is 1. The van der Waals surface area contributed by atoms with Gasteiger partial charge in [0, 0.05) is 12.2 Å². The molecule has 0 amide bonds. The van der Waals surface area contributed by atoms with Crippen LogP contribution in [0.5, 0.6) is 0 Å². The second-order valence-electron chi connectivity index (χ2n) is 3.04. The molecule has 2 nitrogen and oxygen atoms in total. The van der Waals surface area contributed by atoms with Crippen LogP contribution in [-0.2, 0) is 0 Å². The van der Waals surface area contributed by atoms with E-state index in [2.05, 4.69) is 13.8 Å². The molecule has 1 N–H and O–H groups in total. The maximum atomic E-state index is 7.69. The lowest BCUT2D eigenvalue weighted by atomic mass is 10.3. The first-order chi connectivity index (χ1) is 5.13. The first kappa shape index (κ1) is 8.05. The van der Waals surface area contributed by atoms with Crippen LogP contribution in [0, 0.1) is 12.3 Å². The van der Waals surface area contributed by atoms with Crippen LogP contribution < -0.4 is 5.49 Å². The van der Waals surface area contributed by atoms with Crippen molar-refractivity contribution in [2.45, 2.75) is 26.8 Å². The van der Waals surface area contributed by atoms with Gasteiger partial charge in [-0.1, -0.05) is 6.07 Å². The molecule has 0 spiro atoms. The smallest absolute Gasteiger partial charge is 0.127 e. The first-order valence-electron chi connectivity index (χ1n) is 3.85. The molecule has 1 heterocycles. The molecule has 60 valence electrons. The minimum atomic E-state index is 0.377. The molecule has 0 aromatic carbocycles. The van der Waals surface area contributed by atoms with Gasteiger partial charge in [0.05, 0.1) is 0 Å². The zero-order chi connectivity index (χ0) is 8.43. The van der Waals surface area contributed by atoms with E-state index in [4.69, 9.17) is 5.41 Å². The van der Waals surface area contributed by atoms with E-state index in [0.29, 0.717) is 11.5 Å². The Morgan fingerprint density at radius 2 is 2.09 bits per heavy atom. The predicted octanol–water partition coefficient (Wildman–Crippen LogP) is 1.86. The Kier molecular flexibility index (Phi) is 2.13. The number of hydrogen-bond donors (Lipinski definition) is 1. The number of aryl methyl sites for hydroxylation is 1. The molecule has 0 saturated heterocycles. The summed E-state index contributed by atoms with van der Waals surface area (Å²) in [4.78, 5) is 0. The largest absolute Gasteiger partial charge is 0.331 e. The highest BCUT2D eigenvalue weighted by molar-refractivity contribution is 5.06. The van der Waals surface area contributed by atoms with Crippen molar-refractivity contribution in [1.82, 2.24) is 4.57 Å². The Balaban J connectivity index is 3.28. The zero-order valence-electron chi connectivity index (χ0n) is 7.26. The highest BCUT2D eigenvalue weighted by Gasteiger charge is 1.97. The van der Waals surface area contributed by atoms with Gasteiger partial charge in [0.15, 0.2) is 0 Å². The fourth-order valence-electron chi connectivity index (χ4n) is 1.07. The Bertz CT molecular complexity index is 297. The summed E-state index contributed by atoms with van der Waals surface area (Å²) < 4.78 is 1.95. The molecular weight excluding hydrogens is 136 g/mol. The predicted molar refractivity (Wildman–Crippen MR) is 45.4 cm³/mol. The summed E-state index contributed by atoms with van der Waals surface area (Å²) in [6, 6.07) is 4.32. The van der Waals surface area contributed by atoms with Crippen LogP contribution in [0.2, 0.25) is 0 Å². The van der Waals surface area contributed by atoms with E-state index >= 15 is 0 Å². The Labute approximate surface area is 67.0 Å². The van der Waals surface area contributed by atoms with Gasteiger partial charge >= 0.3 is 0 Å². The normalized spacial score (nSPS) is 10.5. The molecule has 1 aromatic heterocycles. The summed E-state index contributed by atoms with van der Waals surface area (Å²) in [6.07, 6.45) is 1.94. The quantitative estimate of drug-likeness (QED) is 0.633. The van der Waals surface area contributed by atoms with Crippen molar-refractivity contribution in [2.75, 3.05) is 0 Å². The molecule has 0 saturated carbocycles. The van der Waals surface area contributed by atoms with Gasteiger partial charge in [-0.05, 0) is 32.4 Å². The average molecular weight is 150 g/mol. The SMILES string of the molecule is Cc1cccn(C(C)C)c1=N. The standard InChI is InChI=1S/C9H14N2/c1-7(2)11-6-4-5-8(3)9(11)10/h4-7,10H,1-3H3. The second-order valence-corrected chi connectivity index (χ2v) is 3.04. The molecular formula is C9H14N2. The molecule has 2 heteroatoms. The van der Waals surface area contributed by atoms with Gasteiger partial charge in [-0.25, -0.2) is 0 Å². The van der Waals surface area contributed by atoms with Gasteiger partial charge < -0.3 is 4.57 Å². The summed E-state index contributed by atoms with van der Waals surface area (Å²) in [5.41, 5.74) is 1.64. The van der Waals surface area contributed by atoms with Crippen molar-refractivity contribution in [3.8, 4) is 0 Å². The van der Waals surface area contributed by atoms with E-state index < -0.39 is 0 Å². The van der Waals surface area contributed by atoms with Crippen molar-refractivity contribution in [2.24, 2.45) is 0 Å². The van der Waals surface area contributed by atoms with E-state index in [0.717, 1.165) is 5.56 Å². The van der Waals surface area contributed by atoms with Gasteiger partial charge in [-0.2, -0.15) is 0 Å². The van der Waals surface area contributed by atoms with Crippen LogP contribution in [0.4, 0.5) is 0 Å². The number of hydrogen-bond acceptors (Lipinski definition) is 1. The topological polar surface area (TPSA) is 28.8 Å². The zero-order valence-corrected chi connectivity index (χ0v) is 7.26. The van der Waals surface area contributed by atoms with E-state index in [1.54, 1.807) is 0 Å². The van der Waals surface area contributed by atoms with E-state index in [-0.39, 0.29) is 0 Å². The molecule has 0 atom stereocenters. The lowest BCUT2D eigenvalue weighted by molar-refractivity contribution is 0.562. The number of pyridine rings is 1. The van der Waals surface area contributed by atoms with E-state index in [9.17, 15) is 0 Å². The van der Waals surface area contributed by atoms with Crippen LogP contribution in [0.15, 0.2) is 18.3 Å². The molecule has 0 fully saturated rings. The molecule has 0 bridgehead atoms. The van der Waals surface area contributed by atoms with Gasteiger partial charge in [0.25, 0.3) is 0 Å². The molecule has 0 aliphatic heterocycles. The van der Waals surface area contributed by atoms with Gasteiger partial charge in [0.2, 0.25) is 0 Å². The third-order valence-corrected chi connectivity index (χ3v) is 1.78. The second kappa shape index (κ2) is 2.91. The van der Waals surface area contributed by atoms with Gasteiger partial charge in [-0.15, -0.1) is 0 Å². The Morgan fingerprint density at radius 3 is 2.55 bits per heavy atom. The average Bonchev–Trinajstić information content (AvgIpc) is 1.94. The van der Waals surface area contributed by atoms with Crippen molar-refractivity contribution in [3.63, 3.8) is 0 Å². The number of nitrogens with zero attached hydrogens (tertiary/aromatic N) is 1. The summed E-state index contributed by atoms with van der Waals surface area (Å²) in [7, 11) is 0. The lowest BCUT2D eigenvalue weighted by Gasteiger charge is -2.11. The Hall–Kier alpha value is -1.05. The van der Waals surface area contributed by atoms with Crippen LogP contribution in [-0.4, -0.2) is 4.57 Å². The number of aromatic nitrogens is 1. The van der Waals surface area contributed by atoms with Crippen molar-refractivity contribution < 1.29 is 0 Å². The third-order valence-electron chi connectivity index (χ3n) is 1.78. The minimum absolute atomic E-state index is 0.377. The summed E-state index contributed by atoms with van der Waals surface area (Å²) >= 11 is 0. The molecule has 0 radical (unpaired) electrons. The van der Waals surface area contributed by atoms with Gasteiger partial charge in [0.1, 0.15) is 5.49 Å². The van der Waals surface area contributed by atoms with Crippen LogP contribution in [0.3, 0.4) is 0 Å². The summed E-state index contributed by atoms with van der Waals surface area (Å²) in [6.45, 7) is 6.12. The van der Waals surface area contributed by atoms with Crippen LogP contribution in [0.1, 0.15) is 25.5 Å². The number of nitrogens with one attached hydrogen (secondary N) is 1. The summed E-state index contributed by atoms with van der Waals surface area (Å²) in [5.74, 6) is 0. The van der Waals surface area contributed by atoms with Crippen molar-refractivity contribution in [1.29, 1.82) is 5.41 Å². The van der Waals surface area contributed by atoms with Gasteiger partial charge in [-0.3, -0.25) is 5.41 Å². The van der Waals surface area contributed by atoms with Crippen LogP contribution in [0.25, 0.3) is 0 Å². The molecule has 1 rings (SSSR count). The van der Waals surface area contributed by atoms with Crippen LogP contribution >= 0.6 is 0 Å². The monoisotopic (exact) mass is 150 g/mol. The fourth-order valence-corrected chi connectivity index (χ4v) is 1.07. The van der Waals surface area contributed by atoms with Crippen molar-refractivity contribution in [3.05, 3.63) is 29.4 Å². The van der Waals surface area contributed by atoms with E-state index in [1.165, 1.54) is 0 Å². The molecule has 11 heavy (non-hydrogen) atoms. The van der Waals surface area contributed by atoms with Crippen molar-refractivity contribution >= 4 is 0 Å². The fraction of sp³-hybridized carbons (Fsp3) is 0.444. The lowest BCUT2D eigenvalue weighted by Crippen LogP contribution is -2.22. The van der Waals surface area contributed by atoms with E-state index in [1.807, 2.05) is 29.8 Å². The highest BCUT2D eigenvalue weighted by atomic mass is 15.0. The highest BCUT2D eigenvalue weighted by Crippen LogP contribution is 1.99. The first-order valence-corrected chi connectivity index (χ1v) is 3.85. The molecule has 0 aliphatic rings. The molecule has 0 unspecified atom stereocenters. The summed E-state index contributed by atoms with van der Waals surface area (Å²) in [5, 5.41) is 7.69. The maximum absolute atomic E-state index is 7.69. The maximum Gasteiger partial charge on any atom is 0.127 e. The molecule has 0 aliphatic carbocycles. The Morgan fingerprint density at radius 1 is 1.45 bits per heavy atom. The third kappa shape index (κ3) is 1.50. The molecule has 1 aromatic rings.